The molecule has 242 valence electrons. The lowest BCUT2D eigenvalue weighted by Gasteiger charge is -2.38. The molecule has 2 rings (SSSR count). The topological polar surface area (TPSA) is 154 Å². The Hall–Kier alpha value is -4.12. The number of rotatable bonds is 12. The van der Waals surface area contributed by atoms with Crippen molar-refractivity contribution >= 4 is 23.9 Å². The molecule has 0 aliphatic carbocycles. The average molecular weight is 614 g/mol. The number of nitrogens with one attached hydrogen (secondary N) is 2. The molecule has 0 saturated carbocycles. The van der Waals surface area contributed by atoms with Gasteiger partial charge in [-0.15, -0.1) is 0 Å². The summed E-state index contributed by atoms with van der Waals surface area (Å²) >= 11 is 0. The van der Waals surface area contributed by atoms with Gasteiger partial charge in [0.15, 0.2) is 0 Å². The number of nitrogens with zero attached hydrogens (tertiary/aromatic N) is 1. The highest BCUT2D eigenvalue weighted by Gasteiger charge is 2.40. The number of hydrogen-bond donors (Lipinski definition) is 4. The Morgan fingerprint density at radius 3 is 1.91 bits per heavy atom. The van der Waals surface area contributed by atoms with Crippen LogP contribution in [-0.4, -0.2) is 74.9 Å². The SMILES string of the molecule is CCC(C)N(C(=O)C(CO)NC(=O)OC(C)(C)C)C(C(=O)NC(Cc1ccccc1)C(=O)OC(C)(C)C)c1ccc(O)cc1. The summed E-state index contributed by atoms with van der Waals surface area (Å²) in [7, 11) is 0. The molecule has 2 aromatic carbocycles. The van der Waals surface area contributed by atoms with E-state index >= 15 is 0 Å². The molecule has 0 bridgehead atoms. The Balaban J connectivity index is 2.57. The van der Waals surface area contributed by atoms with Crippen molar-refractivity contribution in [2.24, 2.45) is 0 Å². The first-order chi connectivity index (χ1) is 20.5. The van der Waals surface area contributed by atoms with E-state index in [9.17, 15) is 29.4 Å². The summed E-state index contributed by atoms with van der Waals surface area (Å²) in [5.41, 5.74) is -0.562. The van der Waals surface area contributed by atoms with Crippen molar-refractivity contribution in [1.29, 1.82) is 0 Å². The zero-order valence-corrected chi connectivity index (χ0v) is 26.9. The lowest BCUT2D eigenvalue weighted by Crippen LogP contribution is -2.58. The predicted molar refractivity (Wildman–Crippen MR) is 166 cm³/mol. The van der Waals surface area contributed by atoms with Crippen LogP contribution < -0.4 is 10.6 Å². The van der Waals surface area contributed by atoms with E-state index in [2.05, 4.69) is 10.6 Å². The predicted octanol–water partition coefficient (Wildman–Crippen LogP) is 4.02. The third-order valence-electron chi connectivity index (χ3n) is 6.52. The van der Waals surface area contributed by atoms with Crippen LogP contribution in [0.5, 0.6) is 5.75 Å². The minimum Gasteiger partial charge on any atom is -0.508 e. The number of hydrogen-bond acceptors (Lipinski definition) is 8. The van der Waals surface area contributed by atoms with Crippen LogP contribution in [0, 0.1) is 0 Å². The molecular weight excluding hydrogens is 566 g/mol. The molecule has 4 N–H and O–H groups in total. The number of carbonyl (C=O) groups is 4. The van der Waals surface area contributed by atoms with Crippen LogP contribution in [0.4, 0.5) is 4.79 Å². The van der Waals surface area contributed by atoms with Crippen LogP contribution in [0.25, 0.3) is 0 Å². The number of aliphatic hydroxyl groups is 1. The smallest absolute Gasteiger partial charge is 0.408 e. The Kier molecular flexibility index (Phi) is 12.8. The van der Waals surface area contributed by atoms with Gasteiger partial charge in [-0.1, -0.05) is 49.4 Å². The summed E-state index contributed by atoms with van der Waals surface area (Å²) in [5, 5.41) is 25.3. The van der Waals surface area contributed by atoms with E-state index in [0.29, 0.717) is 12.0 Å². The highest BCUT2D eigenvalue weighted by molar-refractivity contribution is 5.94. The van der Waals surface area contributed by atoms with Crippen molar-refractivity contribution in [2.45, 2.75) is 104 Å². The highest BCUT2D eigenvalue weighted by atomic mass is 16.6. The summed E-state index contributed by atoms with van der Waals surface area (Å²) in [6, 6.07) is 10.5. The second kappa shape index (κ2) is 15.6. The van der Waals surface area contributed by atoms with E-state index in [1.54, 1.807) is 48.5 Å². The number of amides is 3. The van der Waals surface area contributed by atoms with Gasteiger partial charge in [-0.25, -0.2) is 9.59 Å². The van der Waals surface area contributed by atoms with Gasteiger partial charge in [-0.3, -0.25) is 9.59 Å². The summed E-state index contributed by atoms with van der Waals surface area (Å²) in [6.07, 6.45) is -0.370. The second-order valence-corrected chi connectivity index (χ2v) is 12.7. The molecule has 0 aromatic heterocycles. The molecular formula is C33H47N3O8. The van der Waals surface area contributed by atoms with E-state index in [1.807, 2.05) is 37.3 Å². The minimum absolute atomic E-state index is 0.0511. The minimum atomic E-state index is -1.43. The molecule has 2 aromatic rings. The normalized spacial score (nSPS) is 14.4. The van der Waals surface area contributed by atoms with Crippen molar-refractivity contribution in [3.63, 3.8) is 0 Å². The summed E-state index contributed by atoms with van der Waals surface area (Å²) in [5.74, 6) is -2.13. The number of phenols is 1. The summed E-state index contributed by atoms with van der Waals surface area (Å²) in [6.45, 7) is 13.0. The van der Waals surface area contributed by atoms with Gasteiger partial charge < -0.3 is 35.2 Å². The van der Waals surface area contributed by atoms with Gasteiger partial charge in [0.25, 0.3) is 0 Å². The highest BCUT2D eigenvalue weighted by Crippen LogP contribution is 2.28. The van der Waals surface area contributed by atoms with Gasteiger partial charge in [0, 0.05) is 12.5 Å². The second-order valence-electron chi connectivity index (χ2n) is 12.7. The van der Waals surface area contributed by atoms with Gasteiger partial charge >= 0.3 is 12.1 Å². The molecule has 44 heavy (non-hydrogen) atoms. The van der Waals surface area contributed by atoms with E-state index in [1.165, 1.54) is 29.2 Å². The molecule has 0 heterocycles. The van der Waals surface area contributed by atoms with Crippen molar-refractivity contribution in [3.05, 3.63) is 65.7 Å². The fourth-order valence-corrected chi connectivity index (χ4v) is 4.37. The van der Waals surface area contributed by atoms with Gasteiger partial charge in [0.05, 0.1) is 6.61 Å². The lowest BCUT2D eigenvalue weighted by atomic mass is 9.98. The molecule has 0 fully saturated rings. The first kappa shape index (κ1) is 36.1. The van der Waals surface area contributed by atoms with Crippen molar-refractivity contribution in [1.82, 2.24) is 15.5 Å². The molecule has 4 unspecified atom stereocenters. The Labute approximate surface area is 259 Å². The Bertz CT molecular complexity index is 1250. The molecule has 0 saturated heterocycles. The maximum atomic E-state index is 14.2. The van der Waals surface area contributed by atoms with Crippen LogP contribution in [-0.2, 0) is 30.3 Å². The number of ether oxygens (including phenoxy) is 2. The first-order valence-corrected chi connectivity index (χ1v) is 14.7. The van der Waals surface area contributed by atoms with Crippen LogP contribution in [0.1, 0.15) is 79.0 Å². The van der Waals surface area contributed by atoms with E-state index < -0.39 is 65.9 Å². The van der Waals surface area contributed by atoms with E-state index in [4.69, 9.17) is 9.47 Å². The van der Waals surface area contributed by atoms with Crippen molar-refractivity contribution < 1.29 is 38.9 Å². The molecule has 0 aliphatic heterocycles. The van der Waals surface area contributed by atoms with Gasteiger partial charge in [0.1, 0.15) is 35.1 Å². The van der Waals surface area contributed by atoms with Crippen LogP contribution in [0.2, 0.25) is 0 Å². The van der Waals surface area contributed by atoms with Crippen LogP contribution in [0.3, 0.4) is 0 Å². The largest absolute Gasteiger partial charge is 0.508 e. The van der Waals surface area contributed by atoms with Crippen LogP contribution >= 0.6 is 0 Å². The molecule has 11 heteroatoms. The zero-order chi connectivity index (χ0) is 33.2. The average Bonchev–Trinajstić information content (AvgIpc) is 2.92. The lowest BCUT2D eigenvalue weighted by molar-refractivity contribution is -0.159. The Morgan fingerprint density at radius 2 is 1.41 bits per heavy atom. The maximum absolute atomic E-state index is 14.2. The zero-order valence-electron chi connectivity index (χ0n) is 26.9. The molecule has 4 atom stereocenters. The monoisotopic (exact) mass is 613 g/mol. The number of aromatic hydroxyl groups is 1. The number of phenolic OH excluding ortho intramolecular Hbond substituents is 1. The first-order valence-electron chi connectivity index (χ1n) is 14.7. The standard InChI is InChI=1S/C33H47N3O8/c1-9-21(2)36(29(40)26(20-37)35-31(42)44-33(6,7)8)27(23-15-17-24(38)18-16-23)28(39)34-25(30(41)43-32(3,4)5)19-22-13-11-10-12-14-22/h10-18,21,25-27,37-38H,9,19-20H2,1-8H3,(H,34,39)(H,35,42). The van der Waals surface area contributed by atoms with Gasteiger partial charge in [-0.05, 0) is 78.1 Å². The van der Waals surface area contributed by atoms with Crippen molar-refractivity contribution in [2.75, 3.05) is 6.61 Å². The third-order valence-corrected chi connectivity index (χ3v) is 6.52. The number of alkyl carbamates (subject to hydrolysis) is 1. The quantitative estimate of drug-likeness (QED) is 0.262. The number of carbonyl (C=O) groups excluding carboxylic acids is 4. The molecule has 0 spiro atoms. The third kappa shape index (κ3) is 11.2. The Morgan fingerprint density at radius 1 is 0.841 bits per heavy atom. The molecule has 0 aliphatic rings. The van der Waals surface area contributed by atoms with Gasteiger partial charge in [0.2, 0.25) is 11.8 Å². The summed E-state index contributed by atoms with van der Waals surface area (Å²) in [4.78, 5) is 55.4. The van der Waals surface area contributed by atoms with Crippen molar-refractivity contribution in [3.8, 4) is 5.75 Å². The van der Waals surface area contributed by atoms with Crippen LogP contribution in [0.15, 0.2) is 54.6 Å². The van der Waals surface area contributed by atoms with E-state index in [0.717, 1.165) is 5.56 Å². The molecule has 11 nitrogen and oxygen atoms in total. The van der Waals surface area contributed by atoms with E-state index in [-0.39, 0.29) is 12.2 Å². The summed E-state index contributed by atoms with van der Waals surface area (Å²) < 4.78 is 10.9. The molecule has 3 amide bonds. The molecule has 0 radical (unpaired) electrons. The fraction of sp³-hybridized carbons (Fsp3) is 0.515. The fourth-order valence-electron chi connectivity index (χ4n) is 4.37. The maximum Gasteiger partial charge on any atom is 0.408 e. The van der Waals surface area contributed by atoms with Gasteiger partial charge in [-0.2, -0.15) is 0 Å². The number of esters is 1. The number of benzene rings is 2. The number of aliphatic hydroxyl groups excluding tert-OH is 1.